The average Bonchev–Trinajstić information content (AvgIpc) is 2.55. The van der Waals surface area contributed by atoms with Crippen LogP contribution in [-0.4, -0.2) is 18.6 Å². The number of benzene rings is 2. The van der Waals surface area contributed by atoms with Gasteiger partial charge in [-0.1, -0.05) is 48.5 Å². The van der Waals surface area contributed by atoms with Crippen molar-refractivity contribution in [2.45, 2.75) is 37.8 Å². The summed E-state index contributed by atoms with van der Waals surface area (Å²) in [5.41, 5.74) is 2.68. The lowest BCUT2D eigenvalue weighted by Gasteiger charge is -2.31. The van der Waals surface area contributed by atoms with Gasteiger partial charge in [-0.2, -0.15) is 0 Å². The summed E-state index contributed by atoms with van der Waals surface area (Å²) in [4.78, 5) is 0. The van der Waals surface area contributed by atoms with Gasteiger partial charge in [0.15, 0.2) is 0 Å². The van der Waals surface area contributed by atoms with Gasteiger partial charge < -0.3 is 10.6 Å². The molecule has 3 rings (SSSR count). The SMILES string of the molecule is c1ccc(CCC2CC(Nc3ccccc3)CCN2)cc1. The molecule has 2 unspecified atom stereocenters. The van der Waals surface area contributed by atoms with Crippen LogP contribution in [0.5, 0.6) is 0 Å². The molecular formula is C19H24N2. The van der Waals surface area contributed by atoms with E-state index in [0.717, 1.165) is 13.0 Å². The molecule has 2 heteroatoms. The van der Waals surface area contributed by atoms with Crippen LogP contribution in [0.1, 0.15) is 24.8 Å². The smallest absolute Gasteiger partial charge is 0.0342 e. The first kappa shape index (κ1) is 14.2. The van der Waals surface area contributed by atoms with Crippen LogP contribution in [0, 0.1) is 0 Å². The van der Waals surface area contributed by atoms with Crippen molar-refractivity contribution in [1.82, 2.24) is 5.32 Å². The highest BCUT2D eigenvalue weighted by Crippen LogP contribution is 2.18. The van der Waals surface area contributed by atoms with Crippen molar-refractivity contribution in [2.24, 2.45) is 0 Å². The van der Waals surface area contributed by atoms with Crippen molar-refractivity contribution in [3.05, 3.63) is 66.2 Å². The summed E-state index contributed by atoms with van der Waals surface area (Å²) in [5, 5.41) is 7.33. The molecule has 0 spiro atoms. The molecule has 2 aromatic rings. The Morgan fingerprint density at radius 2 is 1.67 bits per heavy atom. The summed E-state index contributed by atoms with van der Waals surface area (Å²) < 4.78 is 0. The van der Waals surface area contributed by atoms with Crippen LogP contribution in [0.25, 0.3) is 0 Å². The number of anilines is 1. The van der Waals surface area contributed by atoms with E-state index < -0.39 is 0 Å². The first-order chi connectivity index (χ1) is 10.4. The van der Waals surface area contributed by atoms with Gasteiger partial charge in [0.05, 0.1) is 0 Å². The Balaban J connectivity index is 1.49. The number of hydrogen-bond acceptors (Lipinski definition) is 2. The topological polar surface area (TPSA) is 24.1 Å². The molecule has 0 amide bonds. The first-order valence-corrected chi connectivity index (χ1v) is 7.99. The summed E-state index contributed by atoms with van der Waals surface area (Å²) in [5.74, 6) is 0. The molecule has 0 radical (unpaired) electrons. The van der Waals surface area contributed by atoms with Crippen molar-refractivity contribution in [2.75, 3.05) is 11.9 Å². The number of piperidine rings is 1. The zero-order valence-electron chi connectivity index (χ0n) is 12.5. The molecule has 1 aliphatic heterocycles. The molecular weight excluding hydrogens is 256 g/mol. The Hall–Kier alpha value is -1.80. The lowest BCUT2D eigenvalue weighted by molar-refractivity contribution is 0.360. The van der Waals surface area contributed by atoms with Crippen molar-refractivity contribution in [3.63, 3.8) is 0 Å². The molecule has 2 aromatic carbocycles. The van der Waals surface area contributed by atoms with E-state index in [2.05, 4.69) is 71.3 Å². The molecule has 110 valence electrons. The van der Waals surface area contributed by atoms with Gasteiger partial charge in [-0.3, -0.25) is 0 Å². The molecule has 1 heterocycles. The second-order valence-electron chi connectivity index (χ2n) is 5.91. The van der Waals surface area contributed by atoms with E-state index in [1.165, 1.54) is 30.5 Å². The van der Waals surface area contributed by atoms with Gasteiger partial charge in [-0.25, -0.2) is 0 Å². The Bertz CT molecular complexity index is 524. The number of para-hydroxylation sites is 1. The minimum atomic E-state index is 0.592. The van der Waals surface area contributed by atoms with E-state index in [1.54, 1.807) is 0 Å². The van der Waals surface area contributed by atoms with Crippen LogP contribution in [0.4, 0.5) is 5.69 Å². The van der Waals surface area contributed by atoms with Gasteiger partial charge in [0.25, 0.3) is 0 Å². The predicted octanol–water partition coefficient (Wildman–Crippen LogP) is 3.85. The van der Waals surface area contributed by atoms with E-state index in [-0.39, 0.29) is 0 Å². The minimum absolute atomic E-state index is 0.592. The molecule has 1 saturated heterocycles. The summed E-state index contributed by atoms with van der Waals surface area (Å²) in [6, 6.07) is 22.6. The standard InChI is InChI=1S/C19H24N2/c1-3-7-16(8-4-1)11-12-18-15-19(13-14-20-18)21-17-9-5-2-6-10-17/h1-10,18-21H,11-15H2. The second kappa shape index (κ2) is 7.28. The second-order valence-corrected chi connectivity index (χ2v) is 5.91. The van der Waals surface area contributed by atoms with E-state index in [9.17, 15) is 0 Å². The van der Waals surface area contributed by atoms with Crippen molar-refractivity contribution in [1.29, 1.82) is 0 Å². The summed E-state index contributed by atoms with van der Waals surface area (Å²) in [7, 11) is 0. The van der Waals surface area contributed by atoms with Crippen LogP contribution in [0.2, 0.25) is 0 Å². The maximum absolute atomic E-state index is 3.67. The fourth-order valence-corrected chi connectivity index (χ4v) is 3.11. The van der Waals surface area contributed by atoms with Crippen molar-refractivity contribution < 1.29 is 0 Å². The Labute approximate surface area is 127 Å². The summed E-state index contributed by atoms with van der Waals surface area (Å²) in [6.07, 6.45) is 4.80. The van der Waals surface area contributed by atoms with E-state index >= 15 is 0 Å². The number of nitrogens with one attached hydrogen (secondary N) is 2. The van der Waals surface area contributed by atoms with Gasteiger partial charge >= 0.3 is 0 Å². The Kier molecular flexibility index (Phi) is 4.90. The van der Waals surface area contributed by atoms with E-state index in [0.29, 0.717) is 12.1 Å². The Morgan fingerprint density at radius 1 is 0.952 bits per heavy atom. The third-order valence-electron chi connectivity index (χ3n) is 4.26. The average molecular weight is 280 g/mol. The van der Waals surface area contributed by atoms with Gasteiger partial charge in [0, 0.05) is 17.8 Å². The van der Waals surface area contributed by atoms with Gasteiger partial charge in [-0.15, -0.1) is 0 Å². The van der Waals surface area contributed by atoms with Crippen LogP contribution < -0.4 is 10.6 Å². The highest BCUT2D eigenvalue weighted by Gasteiger charge is 2.20. The lowest BCUT2D eigenvalue weighted by atomic mass is 9.94. The minimum Gasteiger partial charge on any atom is -0.382 e. The van der Waals surface area contributed by atoms with Crippen LogP contribution in [0.15, 0.2) is 60.7 Å². The van der Waals surface area contributed by atoms with E-state index in [1.807, 2.05) is 0 Å². The third kappa shape index (κ3) is 4.33. The number of hydrogen-bond donors (Lipinski definition) is 2. The predicted molar refractivity (Wildman–Crippen MR) is 89.6 cm³/mol. The normalized spacial score (nSPS) is 21.9. The fourth-order valence-electron chi connectivity index (χ4n) is 3.11. The molecule has 2 atom stereocenters. The van der Waals surface area contributed by atoms with Crippen LogP contribution in [0.3, 0.4) is 0 Å². The van der Waals surface area contributed by atoms with E-state index in [4.69, 9.17) is 0 Å². The van der Waals surface area contributed by atoms with Crippen molar-refractivity contribution in [3.8, 4) is 0 Å². The molecule has 0 aliphatic carbocycles. The molecule has 1 fully saturated rings. The number of aryl methyl sites for hydroxylation is 1. The maximum atomic E-state index is 3.67. The molecule has 0 bridgehead atoms. The van der Waals surface area contributed by atoms with Crippen LogP contribution in [-0.2, 0) is 6.42 Å². The van der Waals surface area contributed by atoms with Gasteiger partial charge in [0.1, 0.15) is 0 Å². The largest absolute Gasteiger partial charge is 0.382 e. The zero-order valence-corrected chi connectivity index (χ0v) is 12.5. The first-order valence-electron chi connectivity index (χ1n) is 7.99. The molecule has 2 nitrogen and oxygen atoms in total. The quantitative estimate of drug-likeness (QED) is 0.869. The van der Waals surface area contributed by atoms with Crippen LogP contribution >= 0.6 is 0 Å². The highest BCUT2D eigenvalue weighted by molar-refractivity contribution is 5.43. The highest BCUT2D eigenvalue weighted by atomic mass is 15.0. The third-order valence-corrected chi connectivity index (χ3v) is 4.26. The molecule has 0 saturated carbocycles. The van der Waals surface area contributed by atoms with Gasteiger partial charge in [-0.05, 0) is 49.9 Å². The molecule has 2 N–H and O–H groups in total. The van der Waals surface area contributed by atoms with Crippen molar-refractivity contribution >= 4 is 5.69 Å². The maximum Gasteiger partial charge on any atom is 0.0342 e. The Morgan fingerprint density at radius 3 is 2.43 bits per heavy atom. The molecule has 0 aromatic heterocycles. The fraction of sp³-hybridized carbons (Fsp3) is 0.368. The monoisotopic (exact) mass is 280 g/mol. The lowest BCUT2D eigenvalue weighted by Crippen LogP contribution is -2.43. The zero-order chi connectivity index (χ0) is 14.3. The summed E-state index contributed by atoms with van der Waals surface area (Å²) >= 11 is 0. The van der Waals surface area contributed by atoms with Gasteiger partial charge in [0.2, 0.25) is 0 Å². The summed E-state index contributed by atoms with van der Waals surface area (Å²) in [6.45, 7) is 1.12. The molecule has 21 heavy (non-hydrogen) atoms. The number of rotatable bonds is 5. The molecule has 1 aliphatic rings.